The average molecular weight is 366 g/mol. The molecule has 0 saturated heterocycles. The number of nitrogens with one attached hydrogen (secondary N) is 1. The van der Waals surface area contributed by atoms with E-state index in [9.17, 15) is 0 Å². The summed E-state index contributed by atoms with van der Waals surface area (Å²) in [5.74, 6) is 1.84. The van der Waals surface area contributed by atoms with E-state index in [-0.39, 0.29) is 0 Å². The highest BCUT2D eigenvalue weighted by Crippen LogP contribution is 2.31. The largest absolute Gasteiger partial charge is 0.496 e. The number of rotatable bonds is 6. The second-order valence-corrected chi connectivity index (χ2v) is 6.79. The van der Waals surface area contributed by atoms with Crippen molar-refractivity contribution in [3.63, 3.8) is 0 Å². The molecule has 4 heteroatoms. The fourth-order valence-corrected chi connectivity index (χ4v) is 3.55. The Kier molecular flexibility index (Phi) is 6.15. The van der Waals surface area contributed by atoms with Gasteiger partial charge in [0.1, 0.15) is 5.75 Å². The van der Waals surface area contributed by atoms with Gasteiger partial charge in [0.15, 0.2) is 0 Å². The molecule has 0 aliphatic heterocycles. The molecule has 2 nitrogen and oxygen atoms in total. The van der Waals surface area contributed by atoms with Crippen molar-refractivity contribution < 1.29 is 4.74 Å². The Hall–Kier alpha value is -0.970. The van der Waals surface area contributed by atoms with E-state index in [1.54, 1.807) is 7.11 Å². The van der Waals surface area contributed by atoms with Gasteiger partial charge in [-0.3, -0.25) is 0 Å². The molecule has 1 unspecified atom stereocenters. The lowest BCUT2D eigenvalue weighted by Crippen LogP contribution is -2.12. The van der Waals surface area contributed by atoms with Crippen molar-refractivity contribution in [3.8, 4) is 5.75 Å². The van der Waals surface area contributed by atoms with Gasteiger partial charge in [0.2, 0.25) is 0 Å². The first kappa shape index (κ1) is 16.4. The molecule has 0 spiro atoms. The maximum atomic E-state index is 5.48. The van der Waals surface area contributed by atoms with Crippen LogP contribution in [0.4, 0.5) is 0 Å². The number of thioether (sulfide) groups is 1. The summed E-state index contributed by atoms with van der Waals surface area (Å²) in [6.07, 6.45) is 0. The van der Waals surface area contributed by atoms with Crippen LogP contribution in [0.5, 0.6) is 5.75 Å². The summed E-state index contributed by atoms with van der Waals surface area (Å²) in [7, 11) is 3.70. The highest BCUT2D eigenvalue weighted by molar-refractivity contribution is 9.10. The van der Waals surface area contributed by atoms with Gasteiger partial charge in [-0.2, -0.15) is 0 Å². The number of benzene rings is 2. The highest BCUT2D eigenvalue weighted by Gasteiger charge is 2.09. The SMILES string of the molecule is CNC(C)c1ccc(OC)c(CSc2cccc(Br)c2)c1. The minimum absolute atomic E-state index is 0.338. The Morgan fingerprint density at radius 3 is 2.71 bits per heavy atom. The topological polar surface area (TPSA) is 21.3 Å². The Labute approximate surface area is 139 Å². The molecular formula is C17H20BrNOS. The Balaban J connectivity index is 2.17. The van der Waals surface area contributed by atoms with Gasteiger partial charge in [0.05, 0.1) is 7.11 Å². The molecule has 0 saturated carbocycles. The molecule has 0 heterocycles. The van der Waals surface area contributed by atoms with Gasteiger partial charge in [0, 0.05) is 26.7 Å². The highest BCUT2D eigenvalue weighted by atomic mass is 79.9. The van der Waals surface area contributed by atoms with Crippen LogP contribution in [0.2, 0.25) is 0 Å². The molecule has 2 aromatic carbocycles. The third-order valence-electron chi connectivity index (χ3n) is 3.43. The van der Waals surface area contributed by atoms with E-state index < -0.39 is 0 Å². The van der Waals surface area contributed by atoms with Crippen molar-refractivity contribution in [2.75, 3.05) is 14.2 Å². The van der Waals surface area contributed by atoms with Crippen LogP contribution in [0.15, 0.2) is 51.8 Å². The Morgan fingerprint density at radius 2 is 2.05 bits per heavy atom. The van der Waals surface area contributed by atoms with Gasteiger partial charge < -0.3 is 10.1 Å². The zero-order chi connectivity index (χ0) is 15.2. The summed E-state index contributed by atoms with van der Waals surface area (Å²) in [4.78, 5) is 1.25. The predicted octanol–water partition coefficient (Wildman–Crippen LogP) is 5.03. The fourth-order valence-electron chi connectivity index (χ4n) is 2.07. The van der Waals surface area contributed by atoms with Crippen molar-refractivity contribution in [3.05, 3.63) is 58.1 Å². The van der Waals surface area contributed by atoms with Gasteiger partial charge in [-0.25, -0.2) is 0 Å². The lowest BCUT2D eigenvalue weighted by Gasteiger charge is -2.15. The standard InChI is InChI=1S/C17H20BrNOS/c1-12(19-2)13-7-8-17(20-3)14(9-13)11-21-16-6-4-5-15(18)10-16/h4-10,12,19H,11H2,1-3H3. The van der Waals surface area contributed by atoms with E-state index in [0.717, 1.165) is 16.0 Å². The summed E-state index contributed by atoms with van der Waals surface area (Å²) >= 11 is 5.33. The predicted molar refractivity (Wildman–Crippen MR) is 94.2 cm³/mol. The van der Waals surface area contributed by atoms with E-state index >= 15 is 0 Å². The number of methoxy groups -OCH3 is 1. The first-order valence-electron chi connectivity index (χ1n) is 6.86. The fraction of sp³-hybridized carbons (Fsp3) is 0.294. The van der Waals surface area contributed by atoms with E-state index in [2.05, 4.69) is 64.6 Å². The summed E-state index contributed by atoms with van der Waals surface area (Å²) in [6, 6.07) is 15.1. The molecule has 0 fully saturated rings. The molecule has 21 heavy (non-hydrogen) atoms. The van der Waals surface area contributed by atoms with Crippen molar-refractivity contribution >= 4 is 27.7 Å². The second kappa shape index (κ2) is 7.87. The van der Waals surface area contributed by atoms with Crippen LogP contribution in [0.3, 0.4) is 0 Å². The summed E-state index contributed by atoms with van der Waals surface area (Å²) in [5.41, 5.74) is 2.50. The maximum absolute atomic E-state index is 5.48. The molecule has 0 bridgehead atoms. The van der Waals surface area contributed by atoms with Gasteiger partial charge in [-0.15, -0.1) is 11.8 Å². The molecule has 0 amide bonds. The van der Waals surface area contributed by atoms with Crippen molar-refractivity contribution in [2.45, 2.75) is 23.6 Å². The van der Waals surface area contributed by atoms with Crippen molar-refractivity contribution in [1.82, 2.24) is 5.32 Å². The van der Waals surface area contributed by atoms with Crippen molar-refractivity contribution in [2.24, 2.45) is 0 Å². The monoisotopic (exact) mass is 365 g/mol. The van der Waals surface area contributed by atoms with Gasteiger partial charge >= 0.3 is 0 Å². The minimum Gasteiger partial charge on any atom is -0.496 e. The Bertz CT molecular complexity index is 603. The molecule has 0 aromatic heterocycles. The van der Waals surface area contributed by atoms with Crippen LogP contribution < -0.4 is 10.1 Å². The number of hydrogen-bond acceptors (Lipinski definition) is 3. The van der Waals surface area contributed by atoms with Gasteiger partial charge in [-0.1, -0.05) is 28.1 Å². The molecule has 2 aromatic rings. The third kappa shape index (κ3) is 4.50. The van der Waals surface area contributed by atoms with E-state index in [0.29, 0.717) is 6.04 Å². The van der Waals surface area contributed by atoms with Gasteiger partial charge in [0.25, 0.3) is 0 Å². The summed E-state index contributed by atoms with van der Waals surface area (Å²) in [5, 5.41) is 3.27. The minimum atomic E-state index is 0.338. The van der Waals surface area contributed by atoms with E-state index in [1.165, 1.54) is 16.0 Å². The lowest BCUT2D eigenvalue weighted by atomic mass is 10.1. The van der Waals surface area contributed by atoms with Crippen LogP contribution in [0.1, 0.15) is 24.1 Å². The molecule has 112 valence electrons. The van der Waals surface area contributed by atoms with Crippen LogP contribution in [-0.2, 0) is 5.75 Å². The molecule has 0 radical (unpaired) electrons. The average Bonchev–Trinajstić information content (AvgIpc) is 2.52. The second-order valence-electron chi connectivity index (χ2n) is 4.83. The maximum Gasteiger partial charge on any atom is 0.122 e. The van der Waals surface area contributed by atoms with E-state index in [4.69, 9.17) is 4.74 Å². The first-order valence-corrected chi connectivity index (χ1v) is 8.64. The molecule has 0 aliphatic carbocycles. The van der Waals surface area contributed by atoms with E-state index in [1.807, 2.05) is 24.9 Å². The zero-order valence-corrected chi connectivity index (χ0v) is 14.9. The molecule has 2 rings (SSSR count). The van der Waals surface area contributed by atoms with Crippen LogP contribution >= 0.6 is 27.7 Å². The molecule has 0 aliphatic rings. The smallest absolute Gasteiger partial charge is 0.122 e. The lowest BCUT2D eigenvalue weighted by molar-refractivity contribution is 0.411. The number of ether oxygens (including phenoxy) is 1. The quantitative estimate of drug-likeness (QED) is 0.725. The molecule has 1 atom stereocenters. The number of hydrogen-bond donors (Lipinski definition) is 1. The molecular weight excluding hydrogens is 346 g/mol. The normalized spacial score (nSPS) is 12.2. The van der Waals surface area contributed by atoms with Crippen LogP contribution in [-0.4, -0.2) is 14.2 Å². The number of halogens is 1. The summed E-state index contributed by atoms with van der Waals surface area (Å²) < 4.78 is 6.59. The van der Waals surface area contributed by atoms with Crippen molar-refractivity contribution in [1.29, 1.82) is 0 Å². The van der Waals surface area contributed by atoms with Gasteiger partial charge in [-0.05, 0) is 49.9 Å². The summed E-state index contributed by atoms with van der Waals surface area (Å²) in [6.45, 7) is 2.16. The zero-order valence-electron chi connectivity index (χ0n) is 12.5. The first-order chi connectivity index (χ1) is 10.1. The Morgan fingerprint density at radius 1 is 1.24 bits per heavy atom. The molecule has 1 N–H and O–H groups in total. The van der Waals surface area contributed by atoms with Crippen LogP contribution in [0.25, 0.3) is 0 Å². The third-order valence-corrected chi connectivity index (χ3v) is 4.96. The van der Waals surface area contributed by atoms with Crippen LogP contribution in [0, 0.1) is 0 Å².